The molecule has 0 aromatic heterocycles. The summed E-state index contributed by atoms with van der Waals surface area (Å²) in [5.41, 5.74) is 1.81. The molecule has 0 aliphatic heterocycles. The molecule has 0 heterocycles. The average molecular weight is 293 g/mol. The van der Waals surface area contributed by atoms with E-state index in [-0.39, 0.29) is 13.2 Å². The van der Waals surface area contributed by atoms with Crippen molar-refractivity contribution in [3.8, 4) is 0 Å². The van der Waals surface area contributed by atoms with Gasteiger partial charge in [0.2, 0.25) is 0 Å². The molecule has 0 atom stereocenters. The standard InChI is InChI=1S/C14H14O5P/c15-20(18-16-11-13-7-3-1-4-8-13)19-17-12-14-9-5-2-6-10-14/h1-10H,11-12H2. The molecule has 0 unspecified atom stereocenters. The van der Waals surface area contributed by atoms with Gasteiger partial charge < -0.3 is 0 Å². The van der Waals surface area contributed by atoms with Crippen LogP contribution in [0, 0.1) is 0 Å². The number of hydrogen-bond acceptors (Lipinski definition) is 5. The smallest absolute Gasteiger partial charge is 0.219 e. The maximum absolute atomic E-state index is 11.3. The molecule has 0 saturated carbocycles. The molecule has 0 aliphatic carbocycles. The summed E-state index contributed by atoms with van der Waals surface area (Å²) in [4.78, 5) is 9.59. The van der Waals surface area contributed by atoms with Gasteiger partial charge in [-0.3, -0.25) is 0 Å². The lowest BCUT2D eigenvalue weighted by Gasteiger charge is -2.03. The molecule has 5 nitrogen and oxygen atoms in total. The maximum atomic E-state index is 11.3. The lowest BCUT2D eigenvalue weighted by atomic mass is 10.2. The number of hydrogen-bond donors (Lipinski definition) is 0. The van der Waals surface area contributed by atoms with Crippen molar-refractivity contribution in [2.24, 2.45) is 0 Å². The summed E-state index contributed by atoms with van der Waals surface area (Å²) in [6, 6.07) is 18.7. The van der Waals surface area contributed by atoms with Gasteiger partial charge in [0.1, 0.15) is 13.2 Å². The summed E-state index contributed by atoms with van der Waals surface area (Å²) in [5, 5.41) is 0. The molecule has 105 valence electrons. The second-order valence-electron chi connectivity index (χ2n) is 3.87. The van der Waals surface area contributed by atoms with Gasteiger partial charge in [-0.25, -0.2) is 14.3 Å². The monoisotopic (exact) mass is 293 g/mol. The van der Waals surface area contributed by atoms with Gasteiger partial charge >= 0.3 is 8.25 Å². The molecule has 1 radical (unpaired) electrons. The Hall–Kier alpha value is -1.62. The molecular formula is C14H14O5P. The molecule has 0 fully saturated rings. The molecule has 0 spiro atoms. The molecule has 20 heavy (non-hydrogen) atoms. The predicted molar refractivity (Wildman–Crippen MR) is 72.2 cm³/mol. The van der Waals surface area contributed by atoms with E-state index in [1.165, 1.54) is 0 Å². The zero-order chi connectivity index (χ0) is 14.0. The molecule has 2 aromatic carbocycles. The first-order valence-electron chi connectivity index (χ1n) is 5.99. The Labute approximate surface area is 117 Å². The van der Waals surface area contributed by atoms with Crippen molar-refractivity contribution in [3.05, 3.63) is 71.8 Å². The highest BCUT2D eigenvalue weighted by Gasteiger charge is 2.05. The summed E-state index contributed by atoms with van der Waals surface area (Å²) in [7, 11) is -2.47. The van der Waals surface area contributed by atoms with Crippen LogP contribution in [0.25, 0.3) is 0 Å². The fourth-order valence-corrected chi connectivity index (χ4v) is 1.74. The Morgan fingerprint density at radius 2 is 1.10 bits per heavy atom. The van der Waals surface area contributed by atoms with Crippen LogP contribution in [0.3, 0.4) is 0 Å². The molecule has 0 saturated heterocycles. The highest BCUT2D eigenvalue weighted by atomic mass is 31.1. The van der Waals surface area contributed by atoms with Gasteiger partial charge in [0.05, 0.1) is 0 Å². The number of rotatable bonds is 8. The zero-order valence-corrected chi connectivity index (χ0v) is 11.6. The lowest BCUT2D eigenvalue weighted by molar-refractivity contribution is -0.269. The van der Waals surface area contributed by atoms with E-state index in [4.69, 9.17) is 9.78 Å². The van der Waals surface area contributed by atoms with Crippen LogP contribution < -0.4 is 0 Å². The van der Waals surface area contributed by atoms with E-state index >= 15 is 0 Å². The first-order valence-corrected chi connectivity index (χ1v) is 7.08. The van der Waals surface area contributed by atoms with Gasteiger partial charge in [0.15, 0.2) is 0 Å². The van der Waals surface area contributed by atoms with E-state index in [2.05, 4.69) is 9.35 Å². The summed E-state index contributed by atoms with van der Waals surface area (Å²) >= 11 is 0. The Morgan fingerprint density at radius 3 is 1.50 bits per heavy atom. The van der Waals surface area contributed by atoms with E-state index in [1.54, 1.807) is 0 Å². The number of benzene rings is 2. The quantitative estimate of drug-likeness (QED) is 0.419. The third kappa shape index (κ3) is 5.57. The van der Waals surface area contributed by atoms with Crippen molar-refractivity contribution in [2.45, 2.75) is 13.2 Å². The summed E-state index contributed by atoms with van der Waals surface area (Å²) in [6.07, 6.45) is 0. The van der Waals surface area contributed by atoms with E-state index in [0.717, 1.165) is 11.1 Å². The van der Waals surface area contributed by atoms with Crippen LogP contribution in [0.1, 0.15) is 11.1 Å². The third-order valence-corrected chi connectivity index (χ3v) is 2.82. The Morgan fingerprint density at radius 1 is 0.700 bits per heavy atom. The molecule has 0 aliphatic rings. The topological polar surface area (TPSA) is 54.0 Å². The molecule has 0 bridgehead atoms. The van der Waals surface area contributed by atoms with Crippen LogP contribution in [0.15, 0.2) is 60.7 Å². The first kappa shape index (κ1) is 14.8. The fourth-order valence-electron chi connectivity index (χ4n) is 1.44. The molecular weight excluding hydrogens is 279 g/mol. The van der Waals surface area contributed by atoms with Gasteiger partial charge in [0, 0.05) is 0 Å². The van der Waals surface area contributed by atoms with Gasteiger partial charge in [-0.1, -0.05) is 60.7 Å². The van der Waals surface area contributed by atoms with Crippen LogP contribution >= 0.6 is 8.25 Å². The Kier molecular flexibility index (Phi) is 6.31. The first-order chi connectivity index (χ1) is 9.84. The fraction of sp³-hybridized carbons (Fsp3) is 0.143. The van der Waals surface area contributed by atoms with Crippen molar-refractivity contribution in [1.82, 2.24) is 0 Å². The Bertz CT molecular complexity index is 470. The Balaban J connectivity index is 1.59. The van der Waals surface area contributed by atoms with Crippen LogP contribution in [0.2, 0.25) is 0 Å². The van der Waals surface area contributed by atoms with Crippen molar-refractivity contribution in [3.63, 3.8) is 0 Å². The zero-order valence-electron chi connectivity index (χ0n) is 10.7. The van der Waals surface area contributed by atoms with Crippen molar-refractivity contribution in [1.29, 1.82) is 0 Å². The SMILES string of the molecule is O=[P](OOCc1ccccc1)OOCc1ccccc1. The van der Waals surface area contributed by atoms with Crippen molar-refractivity contribution < 1.29 is 23.7 Å². The van der Waals surface area contributed by atoms with Crippen LogP contribution in [0.5, 0.6) is 0 Å². The molecule has 2 aromatic rings. The largest absolute Gasteiger partial charge is 0.427 e. The van der Waals surface area contributed by atoms with Crippen LogP contribution in [-0.2, 0) is 36.9 Å². The minimum Gasteiger partial charge on any atom is -0.219 e. The molecule has 6 heteroatoms. The summed E-state index contributed by atoms with van der Waals surface area (Å²) < 4.78 is 20.4. The summed E-state index contributed by atoms with van der Waals surface area (Å²) in [6.45, 7) is 0.369. The van der Waals surface area contributed by atoms with E-state index < -0.39 is 8.25 Å². The van der Waals surface area contributed by atoms with Crippen LogP contribution in [-0.4, -0.2) is 0 Å². The second kappa shape index (κ2) is 8.53. The normalized spacial score (nSPS) is 10.4. The van der Waals surface area contributed by atoms with Crippen molar-refractivity contribution >= 4 is 8.25 Å². The van der Waals surface area contributed by atoms with Gasteiger partial charge in [-0.05, 0) is 11.1 Å². The van der Waals surface area contributed by atoms with Gasteiger partial charge in [0.25, 0.3) is 0 Å². The predicted octanol–water partition coefficient (Wildman–Crippen LogP) is 3.94. The second-order valence-corrected chi connectivity index (χ2v) is 4.61. The summed E-state index contributed by atoms with van der Waals surface area (Å²) in [5.74, 6) is 0. The van der Waals surface area contributed by atoms with E-state index in [1.807, 2.05) is 60.7 Å². The molecule has 0 N–H and O–H groups in total. The third-order valence-electron chi connectivity index (χ3n) is 2.36. The molecule has 0 amide bonds. The van der Waals surface area contributed by atoms with Crippen LogP contribution in [0.4, 0.5) is 0 Å². The minimum absolute atomic E-state index is 0.184. The van der Waals surface area contributed by atoms with E-state index in [9.17, 15) is 4.57 Å². The van der Waals surface area contributed by atoms with Crippen molar-refractivity contribution in [2.75, 3.05) is 0 Å². The van der Waals surface area contributed by atoms with Gasteiger partial charge in [-0.2, -0.15) is 0 Å². The molecule has 2 rings (SSSR count). The highest BCUT2D eigenvalue weighted by Crippen LogP contribution is 2.25. The van der Waals surface area contributed by atoms with Gasteiger partial charge in [-0.15, -0.1) is 9.35 Å². The average Bonchev–Trinajstić information content (AvgIpc) is 2.49. The minimum atomic E-state index is -2.47. The lowest BCUT2D eigenvalue weighted by Crippen LogP contribution is -1.93. The highest BCUT2D eigenvalue weighted by molar-refractivity contribution is 7.32. The maximum Gasteiger partial charge on any atom is 0.427 e. The van der Waals surface area contributed by atoms with E-state index in [0.29, 0.717) is 0 Å².